The highest BCUT2D eigenvalue weighted by molar-refractivity contribution is 5.80. The minimum Gasteiger partial charge on any atom is -0.468 e. The van der Waals surface area contributed by atoms with Gasteiger partial charge in [0.1, 0.15) is 5.54 Å². The lowest BCUT2D eigenvalue weighted by atomic mass is 9.92. The summed E-state index contributed by atoms with van der Waals surface area (Å²) < 4.78 is 5.01. The van der Waals surface area contributed by atoms with E-state index in [9.17, 15) is 4.79 Å². The van der Waals surface area contributed by atoms with Crippen molar-refractivity contribution in [3.63, 3.8) is 0 Å². The van der Waals surface area contributed by atoms with Crippen molar-refractivity contribution < 1.29 is 9.53 Å². The molecule has 2 unspecified atom stereocenters. The number of methoxy groups -OCH3 is 1. The second-order valence-corrected chi connectivity index (χ2v) is 6.93. The van der Waals surface area contributed by atoms with Crippen molar-refractivity contribution in [1.82, 2.24) is 15.1 Å². The molecule has 0 aromatic heterocycles. The van der Waals surface area contributed by atoms with Gasteiger partial charge in [-0.2, -0.15) is 0 Å². The van der Waals surface area contributed by atoms with Crippen molar-refractivity contribution >= 4 is 5.97 Å². The van der Waals surface area contributed by atoms with Crippen molar-refractivity contribution in [2.24, 2.45) is 0 Å². The Morgan fingerprint density at radius 2 is 1.95 bits per heavy atom. The Bertz CT molecular complexity index is 331. The van der Waals surface area contributed by atoms with E-state index in [0.717, 1.165) is 25.9 Å². The number of hydrogen-bond acceptors (Lipinski definition) is 5. The molecule has 21 heavy (non-hydrogen) atoms. The quantitative estimate of drug-likeness (QED) is 0.617. The molecule has 0 spiro atoms. The van der Waals surface area contributed by atoms with E-state index in [2.05, 4.69) is 43.2 Å². The van der Waals surface area contributed by atoms with Gasteiger partial charge in [-0.3, -0.25) is 10.1 Å². The van der Waals surface area contributed by atoms with Gasteiger partial charge in [-0.15, -0.1) is 0 Å². The van der Waals surface area contributed by atoms with Crippen LogP contribution in [0.5, 0.6) is 0 Å². The molecule has 124 valence electrons. The Morgan fingerprint density at radius 3 is 2.43 bits per heavy atom. The molecular weight excluding hydrogens is 266 g/mol. The van der Waals surface area contributed by atoms with Crippen LogP contribution in [-0.2, 0) is 9.53 Å². The lowest BCUT2D eigenvalue weighted by Crippen LogP contribution is -2.54. The summed E-state index contributed by atoms with van der Waals surface area (Å²) in [7, 11) is 7.80. The van der Waals surface area contributed by atoms with Crippen molar-refractivity contribution in [3.8, 4) is 0 Å². The number of esters is 1. The number of hydrogen-bond donors (Lipinski definition) is 1. The van der Waals surface area contributed by atoms with Gasteiger partial charge in [-0.25, -0.2) is 0 Å². The second-order valence-electron chi connectivity index (χ2n) is 6.93. The number of rotatable bonds is 10. The minimum absolute atomic E-state index is 0.150. The van der Waals surface area contributed by atoms with Gasteiger partial charge in [0, 0.05) is 12.1 Å². The molecule has 1 aliphatic rings. The maximum absolute atomic E-state index is 12.1. The molecule has 1 N–H and O–H groups in total. The van der Waals surface area contributed by atoms with Crippen molar-refractivity contribution in [2.45, 2.75) is 57.2 Å². The van der Waals surface area contributed by atoms with Crippen LogP contribution in [0.1, 0.15) is 39.5 Å². The smallest absolute Gasteiger partial charge is 0.325 e. The summed E-state index contributed by atoms with van der Waals surface area (Å²) >= 11 is 0. The van der Waals surface area contributed by atoms with Gasteiger partial charge in [-0.05, 0) is 73.8 Å². The maximum atomic E-state index is 12.1. The highest BCUT2D eigenvalue weighted by Crippen LogP contribution is 2.26. The summed E-state index contributed by atoms with van der Waals surface area (Å²) in [5, 5.41) is 3.47. The monoisotopic (exact) mass is 299 g/mol. The van der Waals surface area contributed by atoms with E-state index in [1.165, 1.54) is 20.0 Å². The van der Waals surface area contributed by atoms with Crippen LogP contribution in [0, 0.1) is 0 Å². The molecule has 5 nitrogen and oxygen atoms in total. The average Bonchev–Trinajstić information content (AvgIpc) is 3.20. The van der Waals surface area contributed by atoms with E-state index in [1.54, 1.807) is 0 Å². The molecule has 1 fully saturated rings. The Kier molecular flexibility index (Phi) is 7.10. The molecule has 0 amide bonds. The van der Waals surface area contributed by atoms with Crippen molar-refractivity contribution in [2.75, 3.05) is 41.3 Å². The van der Waals surface area contributed by atoms with Gasteiger partial charge in [0.15, 0.2) is 0 Å². The third kappa shape index (κ3) is 6.32. The number of nitrogens with zero attached hydrogens (tertiary/aromatic N) is 2. The fourth-order valence-electron chi connectivity index (χ4n) is 2.71. The first-order valence-corrected chi connectivity index (χ1v) is 7.99. The molecule has 0 radical (unpaired) electrons. The van der Waals surface area contributed by atoms with Gasteiger partial charge >= 0.3 is 5.97 Å². The molecule has 0 saturated heterocycles. The van der Waals surface area contributed by atoms with Crippen LogP contribution in [0.15, 0.2) is 0 Å². The van der Waals surface area contributed by atoms with E-state index >= 15 is 0 Å². The van der Waals surface area contributed by atoms with Crippen molar-refractivity contribution in [3.05, 3.63) is 0 Å². The standard InChI is InChI=1S/C16H33N3O2/c1-13(19(5)11-7-10-18(3)4)12-16(2,15(20)21-6)17-14-8-9-14/h13-14,17H,7-12H2,1-6H3. The molecule has 0 aromatic carbocycles. The van der Waals surface area contributed by atoms with Gasteiger partial charge in [-0.1, -0.05) is 0 Å². The zero-order valence-corrected chi connectivity index (χ0v) is 14.6. The summed E-state index contributed by atoms with van der Waals surface area (Å²) in [5.74, 6) is -0.150. The van der Waals surface area contributed by atoms with E-state index in [0.29, 0.717) is 12.1 Å². The van der Waals surface area contributed by atoms with E-state index in [-0.39, 0.29) is 5.97 Å². The van der Waals surface area contributed by atoms with Gasteiger partial charge < -0.3 is 14.5 Å². The summed E-state index contributed by atoms with van der Waals surface area (Å²) in [6.45, 7) is 6.29. The van der Waals surface area contributed by atoms with Gasteiger partial charge in [0.05, 0.1) is 7.11 Å². The lowest BCUT2D eigenvalue weighted by molar-refractivity contribution is -0.148. The molecule has 2 atom stereocenters. The highest BCUT2D eigenvalue weighted by Gasteiger charge is 2.40. The number of ether oxygens (including phenoxy) is 1. The van der Waals surface area contributed by atoms with E-state index in [1.807, 2.05) is 6.92 Å². The number of nitrogens with one attached hydrogen (secondary N) is 1. The molecule has 0 heterocycles. The van der Waals surface area contributed by atoms with Gasteiger partial charge in [0.25, 0.3) is 0 Å². The molecule has 0 aromatic rings. The average molecular weight is 299 g/mol. The summed E-state index contributed by atoms with van der Waals surface area (Å²) in [5.41, 5.74) is -0.578. The fourth-order valence-corrected chi connectivity index (χ4v) is 2.71. The predicted molar refractivity (Wildman–Crippen MR) is 86.5 cm³/mol. The third-order valence-electron chi connectivity index (χ3n) is 4.31. The zero-order valence-electron chi connectivity index (χ0n) is 14.6. The third-order valence-corrected chi connectivity index (χ3v) is 4.31. The molecule has 1 saturated carbocycles. The summed E-state index contributed by atoms with van der Waals surface area (Å²) in [4.78, 5) is 16.7. The molecule has 0 bridgehead atoms. The topological polar surface area (TPSA) is 44.8 Å². The SMILES string of the molecule is COC(=O)C(C)(CC(C)N(C)CCCN(C)C)NC1CC1. The maximum Gasteiger partial charge on any atom is 0.325 e. The number of carbonyl (C=O) groups excluding carboxylic acids is 1. The summed E-state index contributed by atoms with van der Waals surface area (Å²) in [6, 6.07) is 0.822. The van der Waals surface area contributed by atoms with Crippen molar-refractivity contribution in [1.29, 1.82) is 0 Å². The summed E-state index contributed by atoms with van der Waals surface area (Å²) in [6.07, 6.45) is 4.24. The van der Waals surface area contributed by atoms with Crippen LogP contribution in [0.25, 0.3) is 0 Å². The Hall–Kier alpha value is -0.650. The second kappa shape index (κ2) is 8.11. The van der Waals surface area contributed by atoms with Gasteiger partial charge in [0.2, 0.25) is 0 Å². The largest absolute Gasteiger partial charge is 0.468 e. The Balaban J connectivity index is 2.50. The molecular formula is C16H33N3O2. The van der Waals surface area contributed by atoms with Crippen LogP contribution < -0.4 is 5.32 Å². The first-order chi connectivity index (χ1) is 9.78. The van der Waals surface area contributed by atoms with Crippen LogP contribution in [0.3, 0.4) is 0 Å². The first kappa shape index (κ1) is 18.4. The Labute approximate surface area is 130 Å². The van der Waals surface area contributed by atoms with E-state index in [4.69, 9.17) is 4.74 Å². The Morgan fingerprint density at radius 1 is 1.33 bits per heavy atom. The minimum atomic E-state index is -0.578. The molecule has 1 rings (SSSR count). The molecule has 1 aliphatic carbocycles. The predicted octanol–water partition coefficient (Wildman–Crippen LogP) is 1.33. The normalized spacial score (nSPS) is 19.6. The zero-order chi connectivity index (χ0) is 16.0. The highest BCUT2D eigenvalue weighted by atomic mass is 16.5. The number of carbonyl (C=O) groups is 1. The molecule has 0 aliphatic heterocycles. The first-order valence-electron chi connectivity index (χ1n) is 7.99. The van der Waals surface area contributed by atoms with Crippen LogP contribution >= 0.6 is 0 Å². The molecule has 5 heteroatoms. The lowest BCUT2D eigenvalue weighted by Gasteiger charge is -2.34. The van der Waals surface area contributed by atoms with E-state index < -0.39 is 5.54 Å². The fraction of sp³-hybridized carbons (Fsp3) is 0.938. The van der Waals surface area contributed by atoms with Crippen LogP contribution in [-0.4, -0.2) is 74.7 Å². The van der Waals surface area contributed by atoms with Crippen LogP contribution in [0.2, 0.25) is 0 Å². The van der Waals surface area contributed by atoms with Crippen LogP contribution in [0.4, 0.5) is 0 Å².